The minimum atomic E-state index is -3.67. The van der Waals surface area contributed by atoms with Crippen LogP contribution in [-0.4, -0.2) is 42.4 Å². The summed E-state index contributed by atoms with van der Waals surface area (Å²) in [5, 5.41) is 9.90. The van der Waals surface area contributed by atoms with Gasteiger partial charge in [-0.25, -0.2) is 8.42 Å². The number of piperidine rings is 1. The topological polar surface area (TPSA) is 101 Å². The SMILES string of the molecule is Cc1ccc(S(=O)(=O)N2CCC(C)(O)CC2)cc1C(N)=O. The Labute approximate surface area is 124 Å². The van der Waals surface area contributed by atoms with Crippen LogP contribution in [-0.2, 0) is 10.0 Å². The van der Waals surface area contributed by atoms with E-state index in [1.165, 1.54) is 16.4 Å². The first-order chi connectivity index (χ1) is 9.63. The number of primary amides is 1. The summed E-state index contributed by atoms with van der Waals surface area (Å²) in [7, 11) is -3.67. The number of rotatable bonds is 3. The number of nitrogens with zero attached hydrogens (tertiary/aromatic N) is 1. The maximum absolute atomic E-state index is 12.6. The van der Waals surface area contributed by atoms with Gasteiger partial charge in [0.2, 0.25) is 15.9 Å². The van der Waals surface area contributed by atoms with Crippen LogP contribution in [0.1, 0.15) is 35.7 Å². The molecule has 0 bridgehead atoms. The number of benzene rings is 1. The number of nitrogens with two attached hydrogens (primary N) is 1. The fraction of sp³-hybridized carbons (Fsp3) is 0.500. The van der Waals surface area contributed by atoms with Gasteiger partial charge in [0.15, 0.2) is 0 Å². The first-order valence-electron chi connectivity index (χ1n) is 6.76. The Bertz CT molecular complexity index is 658. The normalized spacial score (nSPS) is 19.4. The fourth-order valence-electron chi connectivity index (χ4n) is 2.38. The van der Waals surface area contributed by atoms with Crippen LogP contribution in [0.5, 0.6) is 0 Å². The molecule has 0 unspecified atom stereocenters. The van der Waals surface area contributed by atoms with Gasteiger partial charge in [-0.1, -0.05) is 6.07 Å². The van der Waals surface area contributed by atoms with Gasteiger partial charge in [-0.05, 0) is 44.4 Å². The zero-order valence-electron chi connectivity index (χ0n) is 12.2. The number of hydrogen-bond acceptors (Lipinski definition) is 4. The maximum atomic E-state index is 12.6. The molecule has 0 aromatic heterocycles. The molecule has 7 heteroatoms. The third-order valence-corrected chi connectivity index (χ3v) is 5.81. The van der Waals surface area contributed by atoms with E-state index in [0.29, 0.717) is 18.4 Å². The summed E-state index contributed by atoms with van der Waals surface area (Å²) in [5.74, 6) is -0.647. The van der Waals surface area contributed by atoms with Crippen molar-refractivity contribution in [3.05, 3.63) is 29.3 Å². The Hall–Kier alpha value is -1.44. The summed E-state index contributed by atoms with van der Waals surface area (Å²) < 4.78 is 26.5. The minimum Gasteiger partial charge on any atom is -0.390 e. The Morgan fingerprint density at radius 3 is 2.43 bits per heavy atom. The molecular formula is C14H20N2O4S. The molecule has 0 aliphatic carbocycles. The average molecular weight is 312 g/mol. The van der Waals surface area contributed by atoms with Crippen LogP contribution in [0.3, 0.4) is 0 Å². The van der Waals surface area contributed by atoms with Crippen molar-refractivity contribution in [3.8, 4) is 0 Å². The Morgan fingerprint density at radius 2 is 1.90 bits per heavy atom. The summed E-state index contributed by atoms with van der Waals surface area (Å²) >= 11 is 0. The molecule has 0 saturated carbocycles. The average Bonchev–Trinajstić information content (AvgIpc) is 2.38. The van der Waals surface area contributed by atoms with Crippen molar-refractivity contribution in [2.45, 2.75) is 37.2 Å². The van der Waals surface area contributed by atoms with Gasteiger partial charge in [-0.15, -0.1) is 0 Å². The summed E-state index contributed by atoms with van der Waals surface area (Å²) in [6.07, 6.45) is 0.779. The predicted molar refractivity (Wildman–Crippen MR) is 78.3 cm³/mol. The van der Waals surface area contributed by atoms with E-state index < -0.39 is 21.5 Å². The molecule has 1 aromatic carbocycles. The van der Waals surface area contributed by atoms with E-state index in [-0.39, 0.29) is 23.5 Å². The summed E-state index contributed by atoms with van der Waals surface area (Å²) in [6.45, 7) is 3.92. The van der Waals surface area contributed by atoms with Crippen molar-refractivity contribution < 1.29 is 18.3 Å². The number of aliphatic hydroxyl groups is 1. The number of amides is 1. The lowest BCUT2D eigenvalue weighted by Crippen LogP contribution is -2.45. The van der Waals surface area contributed by atoms with Gasteiger partial charge in [-0.3, -0.25) is 4.79 Å². The Morgan fingerprint density at radius 1 is 1.33 bits per heavy atom. The smallest absolute Gasteiger partial charge is 0.249 e. The lowest BCUT2D eigenvalue weighted by Gasteiger charge is -2.35. The largest absolute Gasteiger partial charge is 0.390 e. The second kappa shape index (κ2) is 5.40. The van der Waals surface area contributed by atoms with Crippen LogP contribution in [0.4, 0.5) is 0 Å². The molecule has 0 atom stereocenters. The molecule has 1 saturated heterocycles. The zero-order chi connectivity index (χ0) is 15.8. The molecule has 1 heterocycles. The van der Waals surface area contributed by atoms with Crippen molar-refractivity contribution in [2.75, 3.05) is 13.1 Å². The van der Waals surface area contributed by atoms with Crippen molar-refractivity contribution >= 4 is 15.9 Å². The molecule has 1 aliphatic rings. The Kier molecular flexibility index (Phi) is 4.10. The van der Waals surface area contributed by atoms with Crippen LogP contribution < -0.4 is 5.73 Å². The van der Waals surface area contributed by atoms with Gasteiger partial charge in [-0.2, -0.15) is 4.31 Å². The van der Waals surface area contributed by atoms with Gasteiger partial charge in [0.25, 0.3) is 0 Å². The van der Waals surface area contributed by atoms with E-state index in [2.05, 4.69) is 0 Å². The van der Waals surface area contributed by atoms with Crippen LogP contribution in [0, 0.1) is 6.92 Å². The molecule has 116 valence electrons. The highest BCUT2D eigenvalue weighted by atomic mass is 32.2. The number of hydrogen-bond donors (Lipinski definition) is 2. The molecule has 3 N–H and O–H groups in total. The van der Waals surface area contributed by atoms with Gasteiger partial charge < -0.3 is 10.8 Å². The van der Waals surface area contributed by atoms with Crippen molar-refractivity contribution in [1.29, 1.82) is 0 Å². The van der Waals surface area contributed by atoms with E-state index in [0.717, 1.165) is 0 Å². The molecule has 1 amide bonds. The number of sulfonamides is 1. The van der Waals surface area contributed by atoms with Crippen LogP contribution in [0.2, 0.25) is 0 Å². The molecule has 0 spiro atoms. The fourth-order valence-corrected chi connectivity index (χ4v) is 3.85. The monoisotopic (exact) mass is 312 g/mol. The zero-order valence-corrected chi connectivity index (χ0v) is 13.0. The highest BCUT2D eigenvalue weighted by Crippen LogP contribution is 2.27. The first kappa shape index (κ1) is 15.9. The summed E-state index contributed by atoms with van der Waals surface area (Å²) in [4.78, 5) is 11.4. The predicted octanol–water partition coefficient (Wildman–Crippen LogP) is 0.629. The lowest BCUT2D eigenvalue weighted by atomic mass is 9.95. The second-order valence-electron chi connectivity index (χ2n) is 5.74. The second-order valence-corrected chi connectivity index (χ2v) is 7.68. The molecule has 1 aromatic rings. The van der Waals surface area contributed by atoms with Gasteiger partial charge >= 0.3 is 0 Å². The van der Waals surface area contributed by atoms with E-state index >= 15 is 0 Å². The van der Waals surface area contributed by atoms with Crippen LogP contribution >= 0.6 is 0 Å². The molecule has 21 heavy (non-hydrogen) atoms. The van der Waals surface area contributed by atoms with E-state index in [1.54, 1.807) is 19.9 Å². The van der Waals surface area contributed by atoms with Crippen LogP contribution in [0.25, 0.3) is 0 Å². The van der Waals surface area contributed by atoms with Gasteiger partial charge in [0.05, 0.1) is 10.5 Å². The maximum Gasteiger partial charge on any atom is 0.249 e. The number of aryl methyl sites for hydroxylation is 1. The number of carbonyl (C=O) groups excluding carboxylic acids is 1. The molecule has 0 radical (unpaired) electrons. The van der Waals surface area contributed by atoms with E-state index in [1.807, 2.05) is 0 Å². The van der Waals surface area contributed by atoms with Gasteiger partial charge in [0.1, 0.15) is 0 Å². The molecule has 6 nitrogen and oxygen atoms in total. The molecule has 1 aliphatic heterocycles. The molecule has 1 fully saturated rings. The molecular weight excluding hydrogens is 292 g/mol. The molecule has 2 rings (SSSR count). The van der Waals surface area contributed by atoms with E-state index in [9.17, 15) is 18.3 Å². The summed E-state index contributed by atoms with van der Waals surface area (Å²) in [5.41, 5.74) is 5.29. The first-order valence-corrected chi connectivity index (χ1v) is 8.20. The van der Waals surface area contributed by atoms with Crippen LogP contribution in [0.15, 0.2) is 23.1 Å². The third-order valence-electron chi connectivity index (χ3n) is 3.91. The number of carbonyl (C=O) groups is 1. The minimum absolute atomic E-state index is 0.0587. The van der Waals surface area contributed by atoms with E-state index in [4.69, 9.17) is 5.73 Å². The van der Waals surface area contributed by atoms with Crippen molar-refractivity contribution in [3.63, 3.8) is 0 Å². The standard InChI is InChI=1S/C14H20N2O4S/c1-10-3-4-11(9-12(10)13(15)17)21(19,20)16-7-5-14(2,18)6-8-16/h3-4,9,18H,5-8H2,1-2H3,(H2,15,17). The Balaban J connectivity index is 2.33. The quantitative estimate of drug-likeness (QED) is 0.854. The summed E-state index contributed by atoms with van der Waals surface area (Å²) in [6, 6.07) is 4.37. The van der Waals surface area contributed by atoms with Crippen molar-refractivity contribution in [1.82, 2.24) is 4.31 Å². The highest BCUT2D eigenvalue weighted by molar-refractivity contribution is 7.89. The highest BCUT2D eigenvalue weighted by Gasteiger charge is 2.34. The van der Waals surface area contributed by atoms with Gasteiger partial charge in [0, 0.05) is 18.7 Å². The lowest BCUT2D eigenvalue weighted by molar-refractivity contribution is 0.0126. The third kappa shape index (κ3) is 3.25. The van der Waals surface area contributed by atoms with Crippen molar-refractivity contribution in [2.24, 2.45) is 5.73 Å².